The van der Waals surface area contributed by atoms with Gasteiger partial charge in [0, 0.05) is 27.2 Å². The summed E-state index contributed by atoms with van der Waals surface area (Å²) in [6.45, 7) is 0.299. The third-order valence-electron chi connectivity index (χ3n) is 4.61. The number of sulfonamides is 2. The van der Waals surface area contributed by atoms with Gasteiger partial charge in [0.05, 0.1) is 5.92 Å². The van der Waals surface area contributed by atoms with Gasteiger partial charge in [-0.15, -0.1) is 11.3 Å². The van der Waals surface area contributed by atoms with Crippen LogP contribution >= 0.6 is 11.3 Å². The number of furan rings is 1. The predicted molar refractivity (Wildman–Crippen MR) is 105 cm³/mol. The molecule has 0 saturated carbocycles. The molecule has 1 saturated heterocycles. The van der Waals surface area contributed by atoms with Crippen LogP contribution in [0.3, 0.4) is 0 Å². The molecule has 0 atom stereocenters. The molecular formula is C17H22N2O7S3. The zero-order valence-electron chi connectivity index (χ0n) is 16.0. The van der Waals surface area contributed by atoms with Gasteiger partial charge >= 0.3 is 5.97 Å². The number of carbonyl (C=O) groups excluding carboxylic acids is 1. The fourth-order valence-electron chi connectivity index (χ4n) is 2.88. The molecule has 2 aromatic heterocycles. The Morgan fingerprint density at radius 1 is 1.21 bits per heavy atom. The largest absolute Gasteiger partial charge is 0.457 e. The lowest BCUT2D eigenvalue weighted by Crippen LogP contribution is -2.40. The van der Waals surface area contributed by atoms with Crippen LogP contribution in [0.1, 0.15) is 18.6 Å². The van der Waals surface area contributed by atoms with Crippen molar-refractivity contribution in [1.82, 2.24) is 8.61 Å². The molecule has 0 bridgehead atoms. The minimum atomic E-state index is -3.69. The summed E-state index contributed by atoms with van der Waals surface area (Å²) in [6, 6.07) is 6.01. The fourth-order valence-corrected chi connectivity index (χ4v) is 6.31. The van der Waals surface area contributed by atoms with Crippen molar-refractivity contribution in [3.05, 3.63) is 35.4 Å². The summed E-state index contributed by atoms with van der Waals surface area (Å²) in [7, 11) is -4.42. The second-order valence-electron chi connectivity index (χ2n) is 6.73. The van der Waals surface area contributed by atoms with Gasteiger partial charge in [0.2, 0.25) is 5.09 Å². The fraction of sp³-hybridized carbons (Fsp3) is 0.471. The number of esters is 1. The van der Waals surface area contributed by atoms with Crippen molar-refractivity contribution in [2.24, 2.45) is 5.92 Å². The van der Waals surface area contributed by atoms with Crippen LogP contribution < -0.4 is 0 Å². The molecule has 9 nitrogen and oxygen atoms in total. The van der Waals surface area contributed by atoms with Gasteiger partial charge in [-0.05, 0) is 36.4 Å². The molecule has 3 rings (SSSR count). The topological polar surface area (TPSA) is 114 Å². The number of carbonyl (C=O) groups is 1. The molecule has 0 radical (unpaired) electrons. The maximum Gasteiger partial charge on any atom is 0.309 e. The molecule has 1 aliphatic heterocycles. The van der Waals surface area contributed by atoms with Crippen LogP contribution in [0.4, 0.5) is 0 Å². The Hall–Kier alpha value is -1.73. The van der Waals surface area contributed by atoms with Crippen LogP contribution in [-0.2, 0) is 36.2 Å². The van der Waals surface area contributed by atoms with Crippen LogP contribution in [0.25, 0.3) is 0 Å². The maximum atomic E-state index is 12.5. The lowest BCUT2D eigenvalue weighted by molar-refractivity contribution is -0.151. The first-order valence-electron chi connectivity index (χ1n) is 8.84. The molecule has 29 heavy (non-hydrogen) atoms. The van der Waals surface area contributed by atoms with Crippen molar-refractivity contribution in [3.63, 3.8) is 0 Å². The lowest BCUT2D eigenvalue weighted by atomic mass is 9.98. The number of piperidine rings is 1. The van der Waals surface area contributed by atoms with Gasteiger partial charge in [-0.3, -0.25) is 4.79 Å². The second-order valence-corrected chi connectivity index (χ2v) is 11.9. The maximum absolute atomic E-state index is 12.5. The molecule has 1 fully saturated rings. The van der Waals surface area contributed by atoms with Crippen molar-refractivity contribution >= 4 is 37.4 Å². The molecular weight excluding hydrogens is 440 g/mol. The number of rotatable bonds is 7. The van der Waals surface area contributed by atoms with Crippen LogP contribution in [0.15, 0.2) is 43.4 Å². The first-order chi connectivity index (χ1) is 13.6. The highest BCUT2D eigenvalue weighted by Crippen LogP contribution is 2.27. The number of ether oxygens (including phenoxy) is 1. The standard InChI is InChI=1S/C17H22N2O7S3/c1-18(2)28(21,22)15-6-5-14(26-15)12-25-17(20)13-7-9-19(10-8-13)29(23,24)16-4-3-11-27-16/h3-6,11,13H,7-10,12H2,1-2H3. The normalized spacial score (nSPS) is 16.9. The summed E-state index contributed by atoms with van der Waals surface area (Å²) < 4.78 is 62.2. The first-order valence-corrected chi connectivity index (χ1v) is 12.6. The van der Waals surface area contributed by atoms with E-state index in [1.165, 1.54) is 30.5 Å². The molecule has 3 heterocycles. The molecule has 0 aliphatic carbocycles. The smallest absolute Gasteiger partial charge is 0.309 e. The Labute approximate surface area is 174 Å². The Kier molecular flexibility index (Phi) is 6.48. The molecule has 0 amide bonds. The summed E-state index contributed by atoms with van der Waals surface area (Å²) in [5, 5.41) is 1.49. The van der Waals surface area contributed by atoms with Gasteiger partial charge in [0.1, 0.15) is 16.6 Å². The Balaban J connectivity index is 1.53. The van der Waals surface area contributed by atoms with Crippen LogP contribution in [0.2, 0.25) is 0 Å². The third-order valence-corrected chi connectivity index (χ3v) is 9.57. The molecule has 0 spiro atoms. The lowest BCUT2D eigenvalue weighted by Gasteiger charge is -2.29. The van der Waals surface area contributed by atoms with Gasteiger partial charge in [0.15, 0.2) is 0 Å². The summed E-state index contributed by atoms with van der Waals surface area (Å²) in [5.41, 5.74) is 0. The van der Waals surface area contributed by atoms with E-state index < -0.39 is 31.9 Å². The summed E-state index contributed by atoms with van der Waals surface area (Å²) in [5.74, 6) is -0.646. The van der Waals surface area contributed by atoms with E-state index in [2.05, 4.69) is 0 Å². The van der Waals surface area contributed by atoms with E-state index in [1.54, 1.807) is 17.5 Å². The molecule has 160 valence electrons. The van der Waals surface area contributed by atoms with Gasteiger partial charge in [-0.2, -0.15) is 4.31 Å². The third kappa shape index (κ3) is 4.72. The molecule has 0 unspecified atom stereocenters. The van der Waals surface area contributed by atoms with E-state index in [0.717, 1.165) is 15.6 Å². The number of thiophene rings is 1. The molecule has 0 N–H and O–H groups in total. The summed E-state index contributed by atoms with van der Waals surface area (Å²) in [6.07, 6.45) is 0.726. The number of nitrogens with zero attached hydrogens (tertiary/aromatic N) is 2. The Morgan fingerprint density at radius 3 is 2.48 bits per heavy atom. The van der Waals surface area contributed by atoms with Crippen LogP contribution in [0.5, 0.6) is 0 Å². The number of hydrogen-bond donors (Lipinski definition) is 0. The van der Waals surface area contributed by atoms with E-state index in [0.29, 0.717) is 17.1 Å². The van der Waals surface area contributed by atoms with Gasteiger partial charge < -0.3 is 9.15 Å². The zero-order chi connectivity index (χ0) is 21.2. The minimum absolute atomic E-state index is 0.185. The van der Waals surface area contributed by atoms with Crippen LogP contribution in [-0.4, -0.2) is 58.6 Å². The predicted octanol–water partition coefficient (Wildman–Crippen LogP) is 1.74. The van der Waals surface area contributed by atoms with E-state index in [4.69, 9.17) is 9.15 Å². The number of hydrogen-bond acceptors (Lipinski definition) is 8. The van der Waals surface area contributed by atoms with Crippen molar-refractivity contribution in [1.29, 1.82) is 0 Å². The van der Waals surface area contributed by atoms with Crippen molar-refractivity contribution in [2.75, 3.05) is 27.2 Å². The highest BCUT2D eigenvalue weighted by Gasteiger charge is 2.33. The van der Waals surface area contributed by atoms with Crippen molar-refractivity contribution < 1.29 is 30.8 Å². The van der Waals surface area contributed by atoms with E-state index in [9.17, 15) is 21.6 Å². The highest BCUT2D eigenvalue weighted by atomic mass is 32.2. The first kappa shape index (κ1) is 22.0. The quantitative estimate of drug-likeness (QED) is 0.576. The van der Waals surface area contributed by atoms with E-state index in [-0.39, 0.29) is 30.5 Å². The van der Waals surface area contributed by atoms with Crippen LogP contribution in [0, 0.1) is 5.92 Å². The average Bonchev–Trinajstić information content (AvgIpc) is 3.38. The Bertz CT molecular complexity index is 1050. The minimum Gasteiger partial charge on any atom is -0.457 e. The highest BCUT2D eigenvalue weighted by molar-refractivity contribution is 7.91. The molecule has 0 aromatic carbocycles. The molecule has 2 aromatic rings. The second kappa shape index (κ2) is 8.56. The summed E-state index contributed by atoms with van der Waals surface area (Å²) >= 11 is 1.16. The van der Waals surface area contributed by atoms with Gasteiger partial charge in [-0.25, -0.2) is 21.1 Å². The average molecular weight is 463 g/mol. The van der Waals surface area contributed by atoms with Gasteiger partial charge in [0.25, 0.3) is 20.0 Å². The SMILES string of the molecule is CN(C)S(=O)(=O)c1ccc(COC(=O)C2CCN(S(=O)(=O)c3cccs3)CC2)o1. The summed E-state index contributed by atoms with van der Waals surface area (Å²) in [4.78, 5) is 12.3. The van der Waals surface area contributed by atoms with Gasteiger partial charge in [-0.1, -0.05) is 6.07 Å². The van der Waals surface area contributed by atoms with Crippen molar-refractivity contribution in [2.45, 2.75) is 28.7 Å². The zero-order valence-corrected chi connectivity index (χ0v) is 18.4. The monoisotopic (exact) mass is 462 g/mol. The molecule has 12 heteroatoms. The van der Waals surface area contributed by atoms with E-state index >= 15 is 0 Å². The molecule has 1 aliphatic rings. The van der Waals surface area contributed by atoms with E-state index in [1.807, 2.05) is 0 Å². The van der Waals surface area contributed by atoms with Crippen molar-refractivity contribution in [3.8, 4) is 0 Å². The Morgan fingerprint density at radius 2 is 1.90 bits per heavy atom.